The Hall–Kier alpha value is -1.77. The molecule has 0 bridgehead atoms. The minimum atomic E-state index is 0.755. The molecule has 3 heteroatoms. The summed E-state index contributed by atoms with van der Waals surface area (Å²) in [7, 11) is 2.09. The lowest BCUT2D eigenvalue weighted by Crippen LogP contribution is -2.28. The fraction of sp³-hybridized carbons (Fsp3) is 0.250. The van der Waals surface area contributed by atoms with Gasteiger partial charge in [0.05, 0.1) is 12.2 Å². The van der Waals surface area contributed by atoms with Crippen LogP contribution in [0.15, 0.2) is 30.6 Å². The third-order valence-electron chi connectivity index (χ3n) is 2.83. The van der Waals surface area contributed by atoms with E-state index in [1.165, 1.54) is 5.69 Å². The third-order valence-corrected chi connectivity index (χ3v) is 2.83. The van der Waals surface area contributed by atoms with Crippen LogP contribution in [-0.2, 0) is 0 Å². The molecular weight excluding hydrogens is 188 g/mol. The van der Waals surface area contributed by atoms with E-state index >= 15 is 0 Å². The number of hydrogen-bond acceptors (Lipinski definition) is 3. The van der Waals surface area contributed by atoms with E-state index in [0.717, 1.165) is 29.7 Å². The molecule has 0 unspecified atom stereocenters. The van der Waals surface area contributed by atoms with Crippen molar-refractivity contribution in [2.45, 2.75) is 0 Å². The zero-order chi connectivity index (χ0) is 10.3. The zero-order valence-electron chi connectivity index (χ0n) is 8.60. The Bertz CT molecular complexity index is 510. The van der Waals surface area contributed by atoms with Crippen LogP contribution < -0.4 is 9.64 Å². The number of fused-ring (bicyclic) bond motifs is 3. The summed E-state index contributed by atoms with van der Waals surface area (Å²) >= 11 is 0. The topological polar surface area (TPSA) is 25.4 Å². The molecule has 0 amide bonds. The van der Waals surface area contributed by atoms with Gasteiger partial charge in [0.2, 0.25) is 0 Å². The molecule has 15 heavy (non-hydrogen) atoms. The van der Waals surface area contributed by atoms with Crippen LogP contribution in [0.25, 0.3) is 10.8 Å². The number of ether oxygens (including phenoxy) is 1. The molecular formula is C12H12N2O. The van der Waals surface area contributed by atoms with Crippen LogP contribution in [0.5, 0.6) is 5.75 Å². The van der Waals surface area contributed by atoms with Crippen molar-refractivity contribution in [3.8, 4) is 5.75 Å². The molecule has 0 fully saturated rings. The molecule has 0 atom stereocenters. The van der Waals surface area contributed by atoms with Crippen molar-refractivity contribution in [1.82, 2.24) is 4.98 Å². The molecule has 1 aromatic heterocycles. The molecule has 0 radical (unpaired) electrons. The Morgan fingerprint density at radius 1 is 1.33 bits per heavy atom. The normalized spacial score (nSPS) is 14.9. The molecule has 0 saturated heterocycles. The van der Waals surface area contributed by atoms with Gasteiger partial charge >= 0.3 is 0 Å². The molecule has 3 nitrogen and oxygen atoms in total. The Morgan fingerprint density at radius 3 is 3.20 bits per heavy atom. The van der Waals surface area contributed by atoms with Crippen molar-refractivity contribution in [2.75, 3.05) is 25.1 Å². The van der Waals surface area contributed by atoms with Crippen LogP contribution in [0.2, 0.25) is 0 Å². The largest absolute Gasteiger partial charge is 0.489 e. The number of nitrogens with zero attached hydrogens (tertiary/aromatic N) is 2. The number of benzene rings is 1. The summed E-state index contributed by atoms with van der Waals surface area (Å²) < 4.78 is 5.74. The van der Waals surface area contributed by atoms with Gasteiger partial charge in [-0.3, -0.25) is 4.98 Å². The lowest BCUT2D eigenvalue weighted by molar-refractivity contribution is 0.315. The molecule has 0 saturated carbocycles. The fourth-order valence-electron chi connectivity index (χ4n) is 1.99. The first-order chi connectivity index (χ1) is 7.36. The summed E-state index contributed by atoms with van der Waals surface area (Å²) in [5, 5.41) is 2.28. The molecule has 2 heterocycles. The second kappa shape index (κ2) is 3.12. The highest BCUT2D eigenvalue weighted by Crippen LogP contribution is 2.37. The van der Waals surface area contributed by atoms with E-state index in [-0.39, 0.29) is 0 Å². The first kappa shape index (κ1) is 8.53. The highest BCUT2D eigenvalue weighted by molar-refractivity contribution is 5.93. The summed E-state index contributed by atoms with van der Waals surface area (Å²) in [6.45, 7) is 1.70. The van der Waals surface area contributed by atoms with Crippen LogP contribution >= 0.6 is 0 Å². The first-order valence-electron chi connectivity index (χ1n) is 5.07. The Morgan fingerprint density at radius 2 is 2.27 bits per heavy atom. The Kier molecular flexibility index (Phi) is 1.78. The summed E-state index contributed by atoms with van der Waals surface area (Å²) in [6, 6.07) is 6.19. The standard InChI is InChI=1S/C12H12N2O/c1-14-6-7-15-12-10-4-5-13-8-9(10)2-3-11(12)14/h2-5,8H,6-7H2,1H3. The van der Waals surface area contributed by atoms with Gasteiger partial charge in [-0.05, 0) is 12.1 Å². The van der Waals surface area contributed by atoms with Crippen molar-refractivity contribution in [3.63, 3.8) is 0 Å². The van der Waals surface area contributed by atoms with Crippen LogP contribution in [0.4, 0.5) is 5.69 Å². The molecule has 2 aromatic rings. The molecule has 1 aromatic carbocycles. The second-order valence-electron chi connectivity index (χ2n) is 3.78. The number of pyridine rings is 1. The van der Waals surface area contributed by atoms with E-state index in [9.17, 15) is 0 Å². The Labute approximate surface area is 88.3 Å². The number of anilines is 1. The van der Waals surface area contributed by atoms with Crippen molar-refractivity contribution < 1.29 is 4.74 Å². The van der Waals surface area contributed by atoms with Crippen LogP contribution in [0, 0.1) is 0 Å². The molecule has 3 rings (SSSR count). The Balaban J connectivity index is 2.33. The van der Waals surface area contributed by atoms with E-state index in [4.69, 9.17) is 4.74 Å². The molecule has 1 aliphatic heterocycles. The molecule has 0 aliphatic carbocycles. The summed E-state index contributed by atoms with van der Waals surface area (Å²) in [6.07, 6.45) is 3.67. The quantitative estimate of drug-likeness (QED) is 0.651. The van der Waals surface area contributed by atoms with Gasteiger partial charge in [-0.15, -0.1) is 0 Å². The van der Waals surface area contributed by atoms with E-state index in [0.29, 0.717) is 0 Å². The van der Waals surface area contributed by atoms with Crippen LogP contribution in [0.1, 0.15) is 0 Å². The van der Waals surface area contributed by atoms with E-state index in [1.54, 1.807) is 6.20 Å². The predicted octanol–water partition coefficient (Wildman–Crippen LogP) is 2.06. The lowest BCUT2D eigenvalue weighted by atomic mass is 10.1. The van der Waals surface area contributed by atoms with Crippen molar-refractivity contribution in [3.05, 3.63) is 30.6 Å². The highest BCUT2D eigenvalue weighted by atomic mass is 16.5. The van der Waals surface area contributed by atoms with Crippen molar-refractivity contribution in [1.29, 1.82) is 0 Å². The number of aromatic nitrogens is 1. The lowest BCUT2D eigenvalue weighted by Gasteiger charge is -2.28. The first-order valence-corrected chi connectivity index (χ1v) is 5.07. The molecule has 0 spiro atoms. The summed E-state index contributed by atoms with van der Waals surface area (Å²) in [5.74, 6) is 0.989. The molecule has 1 aliphatic rings. The highest BCUT2D eigenvalue weighted by Gasteiger charge is 2.16. The fourth-order valence-corrected chi connectivity index (χ4v) is 1.99. The number of likely N-dealkylation sites (N-methyl/N-ethyl adjacent to an activating group) is 1. The van der Waals surface area contributed by atoms with Crippen molar-refractivity contribution >= 4 is 16.5 Å². The minimum absolute atomic E-state index is 0.755. The van der Waals surface area contributed by atoms with Gasteiger partial charge in [-0.1, -0.05) is 6.07 Å². The number of hydrogen-bond donors (Lipinski definition) is 0. The van der Waals surface area contributed by atoms with Crippen molar-refractivity contribution in [2.24, 2.45) is 0 Å². The number of rotatable bonds is 0. The van der Waals surface area contributed by atoms with Gasteiger partial charge in [0.15, 0.2) is 5.75 Å². The SMILES string of the molecule is CN1CCOc2c1ccc1cnccc21. The minimum Gasteiger partial charge on any atom is -0.489 e. The third kappa shape index (κ3) is 1.23. The van der Waals surface area contributed by atoms with Gasteiger partial charge < -0.3 is 9.64 Å². The van der Waals surface area contributed by atoms with Crippen LogP contribution in [0.3, 0.4) is 0 Å². The van der Waals surface area contributed by atoms with Gasteiger partial charge in [0.25, 0.3) is 0 Å². The van der Waals surface area contributed by atoms with Gasteiger partial charge in [-0.25, -0.2) is 0 Å². The average Bonchev–Trinajstić information content (AvgIpc) is 2.29. The summed E-state index contributed by atoms with van der Waals surface area (Å²) in [4.78, 5) is 6.33. The maximum absolute atomic E-state index is 5.74. The van der Waals surface area contributed by atoms with Gasteiger partial charge in [0, 0.05) is 30.2 Å². The van der Waals surface area contributed by atoms with E-state index < -0.39 is 0 Å². The second-order valence-corrected chi connectivity index (χ2v) is 3.78. The van der Waals surface area contributed by atoms with Gasteiger partial charge in [0.1, 0.15) is 6.61 Å². The van der Waals surface area contributed by atoms with Gasteiger partial charge in [-0.2, -0.15) is 0 Å². The molecule has 76 valence electrons. The smallest absolute Gasteiger partial charge is 0.150 e. The monoisotopic (exact) mass is 200 g/mol. The predicted molar refractivity (Wildman–Crippen MR) is 60.5 cm³/mol. The van der Waals surface area contributed by atoms with E-state index in [1.807, 2.05) is 12.3 Å². The maximum atomic E-state index is 5.74. The molecule has 0 N–H and O–H groups in total. The summed E-state index contributed by atoms with van der Waals surface area (Å²) in [5.41, 5.74) is 1.17. The van der Waals surface area contributed by atoms with E-state index in [2.05, 4.69) is 29.1 Å². The van der Waals surface area contributed by atoms with Crippen LogP contribution in [-0.4, -0.2) is 25.2 Å². The zero-order valence-corrected chi connectivity index (χ0v) is 8.60. The average molecular weight is 200 g/mol. The maximum Gasteiger partial charge on any atom is 0.150 e.